The van der Waals surface area contributed by atoms with Gasteiger partial charge in [0.2, 0.25) is 5.78 Å². The minimum atomic E-state index is -2.65. The number of hydrogen-bond donors (Lipinski definition) is 4. The molecule has 4 rings (SSSR count). The van der Waals surface area contributed by atoms with Crippen LogP contribution in [0.2, 0.25) is 0 Å². The van der Waals surface area contributed by atoms with Crippen molar-refractivity contribution in [3.05, 3.63) is 45.2 Å². The van der Waals surface area contributed by atoms with Gasteiger partial charge < -0.3 is 20.4 Å². The summed E-state index contributed by atoms with van der Waals surface area (Å²) in [5.41, 5.74) is -4.77. The topological polar surface area (TPSA) is 149 Å². The van der Waals surface area contributed by atoms with Crippen molar-refractivity contribution in [2.45, 2.75) is 73.3 Å². The zero-order chi connectivity index (χ0) is 28.0. The number of aliphatic hydroxyl groups excluding tert-OH is 2. The second-order valence-electron chi connectivity index (χ2n) is 11.7. The number of allylic oxidation sites excluding steroid dienone is 1. The predicted octanol–water partition coefficient (Wildman–Crippen LogP) is 3.95. The van der Waals surface area contributed by atoms with Crippen LogP contribution in [-0.4, -0.2) is 49.2 Å². The zero-order valence-electron chi connectivity index (χ0n) is 22.3. The number of phenols is 1. The minimum absolute atomic E-state index is 0.00269. The summed E-state index contributed by atoms with van der Waals surface area (Å²) in [5.74, 6) is -6.20. The fourth-order valence-electron chi connectivity index (χ4n) is 7.44. The average molecular weight is 511 g/mol. The number of carbonyl (C=O) groups excluding carboxylic acids is 4. The van der Waals surface area contributed by atoms with Gasteiger partial charge in [-0.25, -0.2) is 0 Å². The fourth-order valence-corrected chi connectivity index (χ4v) is 7.44. The number of fused-ring (bicyclic) bond motifs is 3. The summed E-state index contributed by atoms with van der Waals surface area (Å²) in [7, 11) is 0. The van der Waals surface area contributed by atoms with Crippen molar-refractivity contribution in [1.29, 1.82) is 0 Å². The Morgan fingerprint density at radius 1 is 1.08 bits per heavy atom. The molecule has 8 heteroatoms. The first-order chi connectivity index (χ1) is 17.0. The number of benzene rings is 1. The fraction of sp³-hybridized carbons (Fsp3) is 0.517. The molecule has 1 aromatic rings. The number of aromatic hydroxyl groups is 1. The van der Waals surface area contributed by atoms with Crippen LogP contribution in [0.4, 0.5) is 0 Å². The Kier molecular flexibility index (Phi) is 5.88. The summed E-state index contributed by atoms with van der Waals surface area (Å²) in [6.45, 7) is 11.1. The highest BCUT2D eigenvalue weighted by Crippen LogP contribution is 2.65. The van der Waals surface area contributed by atoms with Crippen molar-refractivity contribution in [3.8, 4) is 5.75 Å². The summed E-state index contributed by atoms with van der Waals surface area (Å²) in [6, 6.07) is 1.59. The molecule has 0 radical (unpaired) electrons. The molecule has 0 aromatic heterocycles. The van der Waals surface area contributed by atoms with Gasteiger partial charge in [-0.3, -0.25) is 19.2 Å². The molecule has 1 fully saturated rings. The lowest BCUT2D eigenvalue weighted by Gasteiger charge is -2.59. The van der Waals surface area contributed by atoms with Crippen molar-refractivity contribution in [3.63, 3.8) is 0 Å². The molecule has 198 valence electrons. The molecular weight excluding hydrogens is 476 g/mol. The molecule has 1 unspecified atom stereocenters. The number of carbonyl (C=O) groups is 4. The summed E-state index contributed by atoms with van der Waals surface area (Å²) in [6.07, 6.45) is 0.718. The van der Waals surface area contributed by atoms with E-state index in [0.717, 1.165) is 12.5 Å². The number of hydrogen-bond acceptors (Lipinski definition) is 8. The number of aryl methyl sites for hydroxylation is 1. The highest BCUT2D eigenvalue weighted by atomic mass is 16.3. The molecule has 0 spiro atoms. The van der Waals surface area contributed by atoms with E-state index in [0.29, 0.717) is 12.0 Å². The molecule has 0 saturated heterocycles. The molecule has 0 aliphatic heterocycles. The van der Waals surface area contributed by atoms with E-state index in [1.165, 1.54) is 6.92 Å². The van der Waals surface area contributed by atoms with Crippen molar-refractivity contribution < 1.29 is 39.6 Å². The van der Waals surface area contributed by atoms with E-state index in [2.05, 4.69) is 0 Å². The number of rotatable bonds is 4. The van der Waals surface area contributed by atoms with Gasteiger partial charge in [0.15, 0.2) is 23.0 Å². The van der Waals surface area contributed by atoms with Crippen LogP contribution < -0.4 is 0 Å². The highest BCUT2D eigenvalue weighted by molar-refractivity contribution is 6.24. The molecule has 0 bridgehead atoms. The first kappa shape index (κ1) is 26.8. The van der Waals surface area contributed by atoms with E-state index >= 15 is 0 Å². The zero-order valence-corrected chi connectivity index (χ0v) is 22.3. The van der Waals surface area contributed by atoms with E-state index in [1.807, 2.05) is 6.92 Å². The van der Waals surface area contributed by atoms with Crippen LogP contribution in [0, 0.1) is 22.7 Å². The smallest absolute Gasteiger partial charge is 0.203 e. The number of phenolic OH excluding ortho intramolecular Hbond substituents is 1. The van der Waals surface area contributed by atoms with Crippen LogP contribution in [0.3, 0.4) is 0 Å². The molecule has 1 aromatic carbocycles. The second kappa shape index (κ2) is 8.12. The van der Waals surface area contributed by atoms with Gasteiger partial charge in [-0.05, 0) is 56.2 Å². The monoisotopic (exact) mass is 510 g/mol. The van der Waals surface area contributed by atoms with E-state index in [4.69, 9.17) is 0 Å². The summed E-state index contributed by atoms with van der Waals surface area (Å²) < 4.78 is 0. The molecule has 3 aliphatic carbocycles. The maximum atomic E-state index is 14.3. The quantitative estimate of drug-likeness (QED) is 0.351. The molecule has 4 atom stereocenters. The molecule has 0 amide bonds. The van der Waals surface area contributed by atoms with Crippen molar-refractivity contribution in [1.82, 2.24) is 0 Å². The van der Waals surface area contributed by atoms with E-state index in [-0.39, 0.29) is 35.5 Å². The van der Waals surface area contributed by atoms with Gasteiger partial charge in [-0.15, -0.1) is 0 Å². The third kappa shape index (κ3) is 3.17. The van der Waals surface area contributed by atoms with E-state index in [9.17, 15) is 39.6 Å². The van der Waals surface area contributed by atoms with Gasteiger partial charge in [0.1, 0.15) is 22.8 Å². The molecule has 1 saturated carbocycles. The number of Topliss-reactive ketones (excluding diaryl/α,β-unsaturated/α-hetero) is 4. The van der Waals surface area contributed by atoms with E-state index in [1.54, 1.807) is 33.8 Å². The Morgan fingerprint density at radius 2 is 1.68 bits per heavy atom. The maximum Gasteiger partial charge on any atom is 0.203 e. The SMILES string of the molecule is CCc1cc(C(C)=O)c(O)c2c1C[C@]1(C)C[C@]3(C)C(C(C)C)C(=O)C(C(C)=O)=C(O)[C@]3(O)C(=O)C1=C2O. The summed E-state index contributed by atoms with van der Waals surface area (Å²) in [5, 5.41) is 45.7. The Morgan fingerprint density at radius 3 is 2.16 bits per heavy atom. The maximum absolute atomic E-state index is 14.3. The Bertz CT molecular complexity index is 1360. The van der Waals surface area contributed by atoms with Crippen molar-refractivity contribution in [2.75, 3.05) is 0 Å². The van der Waals surface area contributed by atoms with Gasteiger partial charge in [-0.1, -0.05) is 34.6 Å². The van der Waals surface area contributed by atoms with Crippen LogP contribution in [0.1, 0.15) is 81.9 Å². The lowest BCUT2D eigenvalue weighted by molar-refractivity contribution is -0.178. The predicted molar refractivity (Wildman–Crippen MR) is 135 cm³/mol. The Hall–Kier alpha value is -3.26. The molecule has 37 heavy (non-hydrogen) atoms. The van der Waals surface area contributed by atoms with Crippen LogP contribution in [0.15, 0.2) is 23.0 Å². The minimum Gasteiger partial charge on any atom is -0.508 e. The first-order valence-corrected chi connectivity index (χ1v) is 12.6. The van der Waals surface area contributed by atoms with Crippen LogP contribution >= 0.6 is 0 Å². The van der Waals surface area contributed by atoms with E-state index < -0.39 is 68.3 Å². The third-order valence-corrected chi connectivity index (χ3v) is 8.86. The van der Waals surface area contributed by atoms with Gasteiger partial charge in [-0.2, -0.15) is 0 Å². The van der Waals surface area contributed by atoms with Gasteiger partial charge in [0, 0.05) is 22.3 Å². The molecule has 4 N–H and O–H groups in total. The van der Waals surface area contributed by atoms with Crippen molar-refractivity contribution in [2.24, 2.45) is 22.7 Å². The molecule has 0 heterocycles. The molecule has 3 aliphatic rings. The first-order valence-electron chi connectivity index (χ1n) is 12.6. The molecular formula is C29H34O8. The lowest BCUT2D eigenvalue weighted by atomic mass is 9.43. The van der Waals surface area contributed by atoms with Crippen molar-refractivity contribution >= 4 is 28.9 Å². The number of aliphatic hydroxyl groups is 3. The van der Waals surface area contributed by atoms with Crippen LogP contribution in [0.5, 0.6) is 5.75 Å². The standard InChI is InChI=1S/C29H34O8/c1-8-15-9-16(13(4)30)22(32)19-17(15)10-27(6)11-28(7)20(12(2)3)23(33)18(14(5)31)25(35)29(28,37)26(36)21(27)24(19)34/h9,12,20,32,34-35,37H,8,10-11H2,1-7H3/t20?,27-,28-,29+/m1/s1. The second-order valence-corrected chi connectivity index (χ2v) is 11.7. The Labute approximate surface area is 215 Å². The lowest BCUT2D eigenvalue weighted by Crippen LogP contribution is -2.69. The van der Waals surface area contributed by atoms with Crippen LogP contribution in [0.25, 0.3) is 5.76 Å². The van der Waals surface area contributed by atoms with Crippen LogP contribution in [-0.2, 0) is 27.2 Å². The average Bonchev–Trinajstić information content (AvgIpc) is 2.75. The highest BCUT2D eigenvalue weighted by Gasteiger charge is 2.72. The largest absolute Gasteiger partial charge is 0.508 e. The van der Waals surface area contributed by atoms with Gasteiger partial charge >= 0.3 is 0 Å². The van der Waals surface area contributed by atoms with Gasteiger partial charge in [0.25, 0.3) is 0 Å². The third-order valence-electron chi connectivity index (χ3n) is 8.86. The normalized spacial score (nSPS) is 31.3. The summed E-state index contributed by atoms with van der Waals surface area (Å²) >= 11 is 0. The van der Waals surface area contributed by atoms with Gasteiger partial charge in [0.05, 0.1) is 11.1 Å². The number of ketones is 4. The molecule has 8 nitrogen and oxygen atoms in total. The summed E-state index contributed by atoms with van der Waals surface area (Å²) in [4.78, 5) is 52.4. The Balaban J connectivity index is 2.12.